The van der Waals surface area contributed by atoms with Gasteiger partial charge in [-0.2, -0.15) is 18.4 Å². The molecule has 0 aliphatic heterocycles. The first kappa shape index (κ1) is 14.7. The molecule has 0 amide bonds. The fourth-order valence-electron chi connectivity index (χ4n) is 1.24. The van der Waals surface area contributed by atoms with Gasteiger partial charge in [0.15, 0.2) is 0 Å². The molecule has 0 unspecified atom stereocenters. The molecule has 1 rings (SSSR count). The van der Waals surface area contributed by atoms with Gasteiger partial charge in [0.2, 0.25) is 0 Å². The molecular weight excluding hydrogens is 291 g/mol. The molecule has 0 saturated heterocycles. The second kappa shape index (κ2) is 5.50. The standard InChI is InChI=1S/C10H5ClF3NO2S/c11-3-5-1-6(9(16)17)7(4-15)8(2-5)18-10(12,13)14/h1-2H,3H2,(H,16,17). The molecule has 0 aliphatic rings. The van der Waals surface area contributed by atoms with E-state index in [1.54, 1.807) is 0 Å². The molecule has 1 aromatic rings. The van der Waals surface area contributed by atoms with Gasteiger partial charge in [0.1, 0.15) is 6.07 Å². The molecule has 0 atom stereocenters. The normalized spacial score (nSPS) is 11.1. The lowest BCUT2D eigenvalue weighted by Crippen LogP contribution is -2.06. The van der Waals surface area contributed by atoms with Crippen molar-refractivity contribution in [1.29, 1.82) is 5.26 Å². The summed E-state index contributed by atoms with van der Waals surface area (Å²) in [5.74, 6) is -1.61. The van der Waals surface area contributed by atoms with Gasteiger partial charge in [-0.3, -0.25) is 0 Å². The van der Waals surface area contributed by atoms with Crippen LogP contribution in [0.25, 0.3) is 0 Å². The Bertz CT molecular complexity index is 525. The number of nitrogens with zero attached hydrogens (tertiary/aromatic N) is 1. The van der Waals surface area contributed by atoms with Gasteiger partial charge in [-0.05, 0) is 29.5 Å². The smallest absolute Gasteiger partial charge is 0.446 e. The van der Waals surface area contributed by atoms with Gasteiger partial charge in [0, 0.05) is 10.8 Å². The van der Waals surface area contributed by atoms with E-state index in [1.165, 1.54) is 6.07 Å². The predicted octanol–water partition coefficient (Wildman–Crippen LogP) is 3.61. The third-order valence-corrected chi connectivity index (χ3v) is 2.97. The summed E-state index contributed by atoms with van der Waals surface area (Å²) in [5, 5.41) is 17.6. The van der Waals surface area contributed by atoms with Gasteiger partial charge in [-0.15, -0.1) is 11.6 Å². The summed E-state index contributed by atoms with van der Waals surface area (Å²) in [7, 11) is 0. The summed E-state index contributed by atoms with van der Waals surface area (Å²) in [4.78, 5) is 10.4. The Morgan fingerprint density at radius 2 is 2.11 bits per heavy atom. The van der Waals surface area contributed by atoms with Crippen LogP contribution in [0.4, 0.5) is 13.2 Å². The van der Waals surface area contributed by atoms with Crippen LogP contribution in [0.15, 0.2) is 17.0 Å². The molecule has 96 valence electrons. The lowest BCUT2D eigenvalue weighted by atomic mass is 10.1. The maximum atomic E-state index is 12.3. The molecule has 0 fully saturated rings. The number of carboxylic acids is 1. The highest BCUT2D eigenvalue weighted by Crippen LogP contribution is 2.39. The largest absolute Gasteiger partial charge is 0.478 e. The van der Waals surface area contributed by atoms with Crippen molar-refractivity contribution < 1.29 is 23.1 Å². The van der Waals surface area contributed by atoms with Crippen molar-refractivity contribution in [2.24, 2.45) is 0 Å². The number of alkyl halides is 4. The Labute approximate surface area is 109 Å². The molecule has 1 N–H and O–H groups in total. The van der Waals surface area contributed by atoms with Crippen LogP contribution >= 0.6 is 23.4 Å². The first-order valence-electron chi connectivity index (χ1n) is 4.40. The zero-order chi connectivity index (χ0) is 13.9. The lowest BCUT2D eigenvalue weighted by molar-refractivity contribution is -0.0328. The Morgan fingerprint density at radius 1 is 1.50 bits per heavy atom. The van der Waals surface area contributed by atoms with Crippen molar-refractivity contribution in [3.63, 3.8) is 0 Å². The van der Waals surface area contributed by atoms with Gasteiger partial charge >= 0.3 is 11.5 Å². The quantitative estimate of drug-likeness (QED) is 0.683. The highest BCUT2D eigenvalue weighted by Gasteiger charge is 2.32. The number of hydrogen-bond donors (Lipinski definition) is 1. The zero-order valence-electron chi connectivity index (χ0n) is 8.58. The average Bonchev–Trinajstić information content (AvgIpc) is 2.25. The van der Waals surface area contributed by atoms with Crippen LogP contribution in [0.3, 0.4) is 0 Å². The second-order valence-electron chi connectivity index (χ2n) is 3.11. The number of rotatable bonds is 3. The van der Waals surface area contributed by atoms with E-state index in [-0.39, 0.29) is 11.4 Å². The Balaban J connectivity index is 3.44. The van der Waals surface area contributed by atoms with Crippen LogP contribution in [0.2, 0.25) is 0 Å². The third-order valence-electron chi connectivity index (χ3n) is 1.88. The monoisotopic (exact) mass is 295 g/mol. The van der Waals surface area contributed by atoms with E-state index in [0.717, 1.165) is 12.1 Å². The number of carbonyl (C=O) groups is 1. The van der Waals surface area contributed by atoms with Crippen molar-refractivity contribution >= 4 is 29.3 Å². The van der Waals surface area contributed by atoms with Crippen molar-refractivity contribution in [1.82, 2.24) is 0 Å². The topological polar surface area (TPSA) is 61.1 Å². The molecule has 0 spiro atoms. The van der Waals surface area contributed by atoms with Crippen LogP contribution in [-0.4, -0.2) is 16.6 Å². The lowest BCUT2D eigenvalue weighted by Gasteiger charge is -2.10. The molecule has 8 heteroatoms. The number of carboxylic acid groups (broad SMARTS) is 1. The van der Waals surface area contributed by atoms with E-state index in [2.05, 4.69) is 0 Å². The summed E-state index contributed by atoms with van der Waals surface area (Å²) in [5.41, 5.74) is -5.40. The third kappa shape index (κ3) is 3.55. The fraction of sp³-hybridized carbons (Fsp3) is 0.200. The van der Waals surface area contributed by atoms with E-state index in [4.69, 9.17) is 22.0 Å². The number of benzene rings is 1. The molecule has 1 aromatic carbocycles. The second-order valence-corrected chi connectivity index (χ2v) is 4.49. The average molecular weight is 296 g/mol. The molecule has 3 nitrogen and oxygen atoms in total. The highest BCUT2D eigenvalue weighted by molar-refractivity contribution is 8.00. The Morgan fingerprint density at radius 3 is 2.50 bits per heavy atom. The van der Waals surface area contributed by atoms with Crippen molar-refractivity contribution in [2.45, 2.75) is 16.3 Å². The van der Waals surface area contributed by atoms with Crippen LogP contribution in [-0.2, 0) is 5.88 Å². The van der Waals surface area contributed by atoms with Gasteiger partial charge in [-0.1, -0.05) is 0 Å². The van der Waals surface area contributed by atoms with Crippen molar-refractivity contribution in [3.8, 4) is 6.07 Å². The minimum Gasteiger partial charge on any atom is -0.478 e. The molecule has 0 heterocycles. The van der Waals surface area contributed by atoms with E-state index in [0.29, 0.717) is 0 Å². The number of aromatic carboxylic acids is 1. The Kier molecular flexibility index (Phi) is 4.48. The van der Waals surface area contributed by atoms with E-state index < -0.39 is 39.3 Å². The van der Waals surface area contributed by atoms with E-state index >= 15 is 0 Å². The number of thioether (sulfide) groups is 1. The first-order valence-corrected chi connectivity index (χ1v) is 5.75. The van der Waals surface area contributed by atoms with E-state index in [9.17, 15) is 18.0 Å². The Hall–Kier alpha value is -1.39. The van der Waals surface area contributed by atoms with E-state index in [1.807, 2.05) is 0 Å². The van der Waals surface area contributed by atoms with Crippen LogP contribution < -0.4 is 0 Å². The van der Waals surface area contributed by atoms with Crippen LogP contribution in [0.5, 0.6) is 0 Å². The predicted molar refractivity (Wildman–Crippen MR) is 59.6 cm³/mol. The molecule has 0 bridgehead atoms. The van der Waals surface area contributed by atoms with Crippen molar-refractivity contribution in [3.05, 3.63) is 28.8 Å². The van der Waals surface area contributed by atoms with Gasteiger partial charge in [-0.25, -0.2) is 4.79 Å². The number of nitriles is 1. The van der Waals surface area contributed by atoms with Gasteiger partial charge < -0.3 is 5.11 Å². The maximum Gasteiger partial charge on any atom is 0.446 e. The van der Waals surface area contributed by atoms with Crippen LogP contribution in [0, 0.1) is 11.3 Å². The zero-order valence-corrected chi connectivity index (χ0v) is 10.2. The minimum atomic E-state index is -4.60. The summed E-state index contributed by atoms with van der Waals surface area (Å²) in [6.07, 6.45) is 0. The molecule has 0 aromatic heterocycles. The summed E-state index contributed by atoms with van der Waals surface area (Å²) < 4.78 is 36.9. The molecule has 18 heavy (non-hydrogen) atoms. The highest BCUT2D eigenvalue weighted by atomic mass is 35.5. The number of hydrogen-bond acceptors (Lipinski definition) is 3. The van der Waals surface area contributed by atoms with Crippen LogP contribution in [0.1, 0.15) is 21.5 Å². The summed E-state index contributed by atoms with van der Waals surface area (Å²) in [6, 6.07) is 3.63. The summed E-state index contributed by atoms with van der Waals surface area (Å²) >= 11 is 4.94. The molecule has 0 aliphatic carbocycles. The van der Waals surface area contributed by atoms with Gasteiger partial charge in [0.25, 0.3) is 0 Å². The summed E-state index contributed by atoms with van der Waals surface area (Å²) in [6.45, 7) is 0. The molecule has 0 saturated carbocycles. The van der Waals surface area contributed by atoms with Gasteiger partial charge in [0.05, 0.1) is 11.1 Å². The molecule has 0 radical (unpaired) electrons. The SMILES string of the molecule is N#Cc1c(SC(F)(F)F)cc(CCl)cc1C(=O)O. The first-order chi connectivity index (χ1) is 8.28. The number of halogens is 4. The minimum absolute atomic E-state index is 0.141. The molecular formula is C10H5ClF3NO2S. The van der Waals surface area contributed by atoms with Crippen molar-refractivity contribution in [2.75, 3.05) is 0 Å². The fourth-order valence-corrected chi connectivity index (χ4v) is 2.11. The maximum absolute atomic E-state index is 12.3.